The van der Waals surface area contributed by atoms with Gasteiger partial charge in [0.2, 0.25) is 0 Å². The first-order chi connectivity index (χ1) is 9.72. The highest BCUT2D eigenvalue weighted by Gasteiger charge is 2.40. The average Bonchev–Trinajstić information content (AvgIpc) is 2.71. The van der Waals surface area contributed by atoms with Gasteiger partial charge in [-0.05, 0) is 50.4 Å². The van der Waals surface area contributed by atoms with Crippen LogP contribution in [0.3, 0.4) is 0 Å². The molecule has 2 heterocycles. The molecule has 3 rings (SSSR count). The molecule has 0 aromatic heterocycles. The maximum Gasteiger partial charge on any atom is 0.101 e. The van der Waals surface area contributed by atoms with Crippen molar-refractivity contribution in [2.45, 2.75) is 50.4 Å². The first kappa shape index (κ1) is 13.4. The molecule has 4 heteroatoms. The fourth-order valence-electron chi connectivity index (χ4n) is 3.75. The summed E-state index contributed by atoms with van der Waals surface area (Å²) in [6, 6.07) is 9.28. The molecule has 20 heavy (non-hydrogen) atoms. The molecule has 2 aliphatic rings. The zero-order chi connectivity index (χ0) is 14.1. The van der Waals surface area contributed by atoms with Crippen molar-refractivity contribution in [2.75, 3.05) is 11.9 Å². The average molecular weight is 271 g/mol. The summed E-state index contributed by atoms with van der Waals surface area (Å²) in [7, 11) is 1.91. The monoisotopic (exact) mass is 271 g/mol. The summed E-state index contributed by atoms with van der Waals surface area (Å²) in [5, 5.41) is 22.4. The van der Waals surface area contributed by atoms with Gasteiger partial charge in [-0.15, -0.1) is 0 Å². The lowest BCUT2D eigenvalue weighted by Gasteiger charge is -2.39. The van der Waals surface area contributed by atoms with E-state index in [-0.39, 0.29) is 6.10 Å². The Kier molecular flexibility index (Phi) is 3.64. The van der Waals surface area contributed by atoms with E-state index in [4.69, 9.17) is 0 Å². The molecule has 1 aromatic rings. The quantitative estimate of drug-likeness (QED) is 0.879. The molecule has 4 nitrogen and oxygen atoms in total. The normalized spacial score (nSPS) is 28.4. The Balaban J connectivity index is 1.93. The summed E-state index contributed by atoms with van der Waals surface area (Å²) in [6.07, 6.45) is 3.76. The topological polar surface area (TPSA) is 59.3 Å². The molecule has 2 fully saturated rings. The second kappa shape index (κ2) is 5.43. The molecule has 0 amide bonds. The van der Waals surface area contributed by atoms with Crippen LogP contribution in [0.2, 0.25) is 0 Å². The largest absolute Gasteiger partial charge is 0.393 e. The number of hydrogen-bond acceptors (Lipinski definition) is 4. The molecule has 0 spiro atoms. The second-order valence-electron chi connectivity index (χ2n) is 5.91. The number of fused-ring (bicyclic) bond motifs is 2. The van der Waals surface area contributed by atoms with E-state index in [0.29, 0.717) is 12.1 Å². The molecule has 2 atom stereocenters. The van der Waals surface area contributed by atoms with E-state index in [0.717, 1.165) is 49.0 Å². The summed E-state index contributed by atoms with van der Waals surface area (Å²) in [5.74, 6) is 0. The minimum atomic E-state index is -0.169. The molecule has 106 valence electrons. The van der Waals surface area contributed by atoms with Gasteiger partial charge in [-0.1, -0.05) is 6.07 Å². The van der Waals surface area contributed by atoms with Crippen LogP contribution >= 0.6 is 0 Å². The first-order valence-electron chi connectivity index (χ1n) is 7.37. The van der Waals surface area contributed by atoms with E-state index >= 15 is 0 Å². The zero-order valence-corrected chi connectivity index (χ0v) is 11.8. The van der Waals surface area contributed by atoms with E-state index in [9.17, 15) is 10.4 Å². The van der Waals surface area contributed by atoms with Gasteiger partial charge in [-0.3, -0.25) is 0 Å². The van der Waals surface area contributed by atoms with Crippen LogP contribution in [0.1, 0.15) is 36.8 Å². The van der Waals surface area contributed by atoms with E-state index in [1.165, 1.54) is 0 Å². The van der Waals surface area contributed by atoms with Gasteiger partial charge in [0.05, 0.1) is 17.4 Å². The molecule has 0 radical (unpaired) electrons. The predicted molar refractivity (Wildman–Crippen MR) is 78.5 cm³/mol. The standard InChI is InChI=1S/C16H21N3O/c1-18-10-11-2-5-16(12(6-11)9-17)19-13-3-4-14(19)8-15(20)7-13/h2,5-6,13-15,18,20H,3-4,7-8,10H2,1H3. The highest BCUT2D eigenvalue weighted by atomic mass is 16.3. The predicted octanol–water partition coefficient (Wildman–Crippen LogP) is 1.77. The number of hydrogen-bond donors (Lipinski definition) is 2. The lowest BCUT2D eigenvalue weighted by molar-refractivity contribution is 0.126. The molecule has 2 N–H and O–H groups in total. The van der Waals surface area contributed by atoms with Gasteiger partial charge in [0.1, 0.15) is 6.07 Å². The van der Waals surface area contributed by atoms with E-state index in [2.05, 4.69) is 28.4 Å². The Labute approximate surface area is 120 Å². The summed E-state index contributed by atoms with van der Waals surface area (Å²) in [5.41, 5.74) is 2.94. The van der Waals surface area contributed by atoms with Gasteiger partial charge in [0, 0.05) is 18.6 Å². The van der Waals surface area contributed by atoms with Crippen molar-refractivity contribution in [3.63, 3.8) is 0 Å². The summed E-state index contributed by atoms with van der Waals surface area (Å²) >= 11 is 0. The molecular weight excluding hydrogens is 250 g/mol. The molecule has 1 aromatic carbocycles. The van der Waals surface area contributed by atoms with Crippen molar-refractivity contribution >= 4 is 5.69 Å². The Morgan fingerprint density at radius 2 is 2.05 bits per heavy atom. The van der Waals surface area contributed by atoms with Crippen LogP contribution in [0.5, 0.6) is 0 Å². The lowest BCUT2D eigenvalue weighted by Crippen LogP contribution is -2.45. The van der Waals surface area contributed by atoms with E-state index in [1.807, 2.05) is 13.1 Å². The van der Waals surface area contributed by atoms with Crippen molar-refractivity contribution in [1.29, 1.82) is 5.26 Å². The Bertz CT molecular complexity index is 523. The van der Waals surface area contributed by atoms with Crippen LogP contribution < -0.4 is 10.2 Å². The number of nitrogens with zero attached hydrogens (tertiary/aromatic N) is 2. The molecule has 0 saturated carbocycles. The maximum absolute atomic E-state index is 9.90. The van der Waals surface area contributed by atoms with Gasteiger partial charge >= 0.3 is 0 Å². The minimum absolute atomic E-state index is 0.169. The van der Waals surface area contributed by atoms with Gasteiger partial charge in [-0.2, -0.15) is 5.26 Å². The smallest absolute Gasteiger partial charge is 0.101 e. The van der Waals surface area contributed by atoms with Crippen LogP contribution in [-0.2, 0) is 6.54 Å². The molecule has 2 unspecified atom stereocenters. The molecule has 0 aliphatic carbocycles. The van der Waals surface area contributed by atoms with Gasteiger partial charge in [0.15, 0.2) is 0 Å². The highest BCUT2D eigenvalue weighted by Crippen LogP contribution is 2.40. The number of piperidine rings is 1. The summed E-state index contributed by atoms with van der Waals surface area (Å²) in [6.45, 7) is 0.778. The van der Waals surface area contributed by atoms with Crippen molar-refractivity contribution in [3.8, 4) is 6.07 Å². The van der Waals surface area contributed by atoms with E-state index < -0.39 is 0 Å². The Morgan fingerprint density at radius 1 is 1.35 bits per heavy atom. The van der Waals surface area contributed by atoms with Gasteiger partial charge in [0.25, 0.3) is 0 Å². The maximum atomic E-state index is 9.90. The van der Waals surface area contributed by atoms with Gasteiger partial charge in [-0.25, -0.2) is 0 Å². The lowest BCUT2D eigenvalue weighted by atomic mass is 9.97. The molecule has 2 bridgehead atoms. The van der Waals surface area contributed by atoms with Gasteiger partial charge < -0.3 is 15.3 Å². The summed E-state index contributed by atoms with van der Waals surface area (Å²) < 4.78 is 0. The molecule has 2 saturated heterocycles. The van der Waals surface area contributed by atoms with E-state index in [1.54, 1.807) is 0 Å². The van der Waals surface area contributed by atoms with Crippen LogP contribution in [0.15, 0.2) is 18.2 Å². The number of aliphatic hydroxyl groups is 1. The fourth-order valence-corrected chi connectivity index (χ4v) is 3.75. The SMILES string of the molecule is CNCc1ccc(N2C3CCC2CC(O)C3)c(C#N)c1. The Hall–Kier alpha value is -1.57. The molecule has 2 aliphatic heterocycles. The summed E-state index contributed by atoms with van der Waals surface area (Å²) in [4.78, 5) is 2.38. The third-order valence-corrected chi connectivity index (χ3v) is 4.55. The van der Waals surface area contributed by atoms with Crippen molar-refractivity contribution < 1.29 is 5.11 Å². The van der Waals surface area contributed by atoms with Crippen LogP contribution in [0, 0.1) is 11.3 Å². The third-order valence-electron chi connectivity index (χ3n) is 4.55. The number of aliphatic hydroxyl groups excluding tert-OH is 1. The third kappa shape index (κ3) is 2.28. The number of nitriles is 1. The first-order valence-corrected chi connectivity index (χ1v) is 7.37. The van der Waals surface area contributed by atoms with Crippen molar-refractivity contribution in [3.05, 3.63) is 29.3 Å². The fraction of sp³-hybridized carbons (Fsp3) is 0.562. The highest BCUT2D eigenvalue weighted by molar-refractivity contribution is 5.62. The molecular formula is C16H21N3O. The number of rotatable bonds is 3. The Morgan fingerprint density at radius 3 is 2.65 bits per heavy atom. The van der Waals surface area contributed by atoms with Crippen LogP contribution in [0.25, 0.3) is 0 Å². The second-order valence-corrected chi connectivity index (χ2v) is 5.91. The number of benzene rings is 1. The van der Waals surface area contributed by atoms with Crippen LogP contribution in [-0.4, -0.2) is 30.3 Å². The number of anilines is 1. The van der Waals surface area contributed by atoms with Crippen molar-refractivity contribution in [2.24, 2.45) is 0 Å². The number of nitrogens with one attached hydrogen (secondary N) is 1. The van der Waals surface area contributed by atoms with Crippen LogP contribution in [0.4, 0.5) is 5.69 Å². The zero-order valence-electron chi connectivity index (χ0n) is 11.8. The minimum Gasteiger partial charge on any atom is -0.393 e. The van der Waals surface area contributed by atoms with Crippen molar-refractivity contribution in [1.82, 2.24) is 5.32 Å².